The Morgan fingerprint density at radius 2 is 1.74 bits per heavy atom. The molecule has 0 spiro atoms. The lowest BCUT2D eigenvalue weighted by Crippen LogP contribution is -2.39. The van der Waals surface area contributed by atoms with Crippen LogP contribution in [0.1, 0.15) is 54.4 Å². The summed E-state index contributed by atoms with van der Waals surface area (Å²) in [5, 5.41) is 3.48. The highest BCUT2D eigenvalue weighted by molar-refractivity contribution is 5.94. The molecule has 27 heavy (non-hydrogen) atoms. The lowest BCUT2D eigenvalue weighted by Gasteiger charge is -2.32. The number of likely N-dealkylation sites (tertiary alicyclic amines) is 1. The molecule has 142 valence electrons. The van der Waals surface area contributed by atoms with Gasteiger partial charge in [-0.15, -0.1) is 0 Å². The van der Waals surface area contributed by atoms with E-state index in [2.05, 4.69) is 40.6 Å². The van der Waals surface area contributed by atoms with E-state index in [4.69, 9.17) is 0 Å². The molecule has 0 bridgehead atoms. The quantitative estimate of drug-likeness (QED) is 0.849. The van der Waals surface area contributed by atoms with E-state index in [9.17, 15) is 4.79 Å². The number of anilines is 1. The second kappa shape index (κ2) is 8.55. The zero-order valence-electron chi connectivity index (χ0n) is 15.9. The Labute approximate surface area is 162 Å². The summed E-state index contributed by atoms with van der Waals surface area (Å²) in [5.74, 6) is 1.68. The van der Waals surface area contributed by atoms with E-state index < -0.39 is 0 Å². The molecule has 1 saturated carbocycles. The van der Waals surface area contributed by atoms with Gasteiger partial charge in [0.05, 0.1) is 5.56 Å². The fourth-order valence-electron chi connectivity index (χ4n) is 4.36. The minimum Gasteiger partial charge on any atom is -0.367 e. The first-order valence-electron chi connectivity index (χ1n) is 10.3. The van der Waals surface area contributed by atoms with Gasteiger partial charge >= 0.3 is 0 Å². The molecule has 1 N–H and O–H groups in total. The number of nitrogens with zero attached hydrogens (tertiary/aromatic N) is 2. The summed E-state index contributed by atoms with van der Waals surface area (Å²) in [4.78, 5) is 19.2. The summed E-state index contributed by atoms with van der Waals surface area (Å²) in [6, 6.07) is 15.1. The summed E-state index contributed by atoms with van der Waals surface area (Å²) >= 11 is 0. The predicted molar refractivity (Wildman–Crippen MR) is 109 cm³/mol. The third kappa shape index (κ3) is 4.68. The third-order valence-electron chi connectivity index (χ3n) is 5.99. The number of nitrogens with one attached hydrogen (secondary N) is 1. The first kappa shape index (κ1) is 18.0. The number of aromatic nitrogens is 1. The topological polar surface area (TPSA) is 45.2 Å². The highest BCUT2D eigenvalue weighted by atomic mass is 16.2. The number of pyridine rings is 1. The molecule has 2 aromatic rings. The number of amides is 1. The van der Waals surface area contributed by atoms with Gasteiger partial charge < -0.3 is 10.2 Å². The van der Waals surface area contributed by atoms with Crippen LogP contribution < -0.4 is 5.32 Å². The molecule has 1 aliphatic carbocycles. The van der Waals surface area contributed by atoms with E-state index in [1.54, 1.807) is 6.20 Å². The fraction of sp³-hybridized carbons (Fsp3) is 0.478. The minimum absolute atomic E-state index is 0.119. The maximum absolute atomic E-state index is 12.8. The Hall–Kier alpha value is -2.36. The van der Waals surface area contributed by atoms with E-state index in [1.807, 2.05) is 17.0 Å². The molecular weight excluding hydrogens is 334 g/mol. The standard InChI is InChI=1S/C23H29N3O/c27-23(20-10-11-22(24-17-20)25-21-8-4-5-9-21)26-14-12-19(13-15-26)16-18-6-2-1-3-7-18/h1-3,6-7,10-11,17,19,21H,4-5,8-9,12-16H2,(H,24,25). The van der Waals surface area contributed by atoms with Gasteiger partial charge in [-0.25, -0.2) is 4.98 Å². The number of carbonyl (C=O) groups is 1. The molecule has 2 heterocycles. The van der Waals surface area contributed by atoms with E-state index >= 15 is 0 Å². The van der Waals surface area contributed by atoms with Crippen LogP contribution in [0, 0.1) is 5.92 Å². The molecule has 2 fully saturated rings. The summed E-state index contributed by atoms with van der Waals surface area (Å²) in [6.45, 7) is 1.69. The maximum atomic E-state index is 12.8. The summed E-state index contributed by atoms with van der Waals surface area (Å²) in [7, 11) is 0. The SMILES string of the molecule is O=C(c1ccc(NC2CCCC2)nc1)N1CCC(Cc2ccccc2)CC1. The van der Waals surface area contributed by atoms with Crippen molar-refractivity contribution in [2.24, 2.45) is 5.92 Å². The Kier molecular flexibility index (Phi) is 5.71. The summed E-state index contributed by atoms with van der Waals surface area (Å²) in [6.07, 6.45) is 10.1. The van der Waals surface area contributed by atoms with Crippen molar-refractivity contribution in [1.82, 2.24) is 9.88 Å². The number of piperidine rings is 1. The van der Waals surface area contributed by atoms with Gasteiger partial charge in [0, 0.05) is 25.3 Å². The van der Waals surface area contributed by atoms with Crippen molar-refractivity contribution >= 4 is 11.7 Å². The number of hydrogen-bond acceptors (Lipinski definition) is 3. The van der Waals surface area contributed by atoms with Gasteiger partial charge in [0.15, 0.2) is 0 Å². The first-order valence-corrected chi connectivity index (χ1v) is 10.3. The predicted octanol–water partition coefficient (Wildman–Crippen LogP) is 4.53. The van der Waals surface area contributed by atoms with Gasteiger partial charge in [0.25, 0.3) is 5.91 Å². The van der Waals surface area contributed by atoms with Crippen molar-refractivity contribution in [2.75, 3.05) is 18.4 Å². The van der Waals surface area contributed by atoms with Gasteiger partial charge in [0.2, 0.25) is 0 Å². The third-order valence-corrected chi connectivity index (χ3v) is 5.99. The second-order valence-electron chi connectivity index (χ2n) is 7.98. The highest BCUT2D eigenvalue weighted by Gasteiger charge is 2.24. The zero-order chi connectivity index (χ0) is 18.5. The highest BCUT2D eigenvalue weighted by Crippen LogP contribution is 2.24. The Bertz CT molecular complexity index is 730. The van der Waals surface area contributed by atoms with Crippen LogP contribution in [0.25, 0.3) is 0 Å². The van der Waals surface area contributed by atoms with Crippen LogP contribution in [0.5, 0.6) is 0 Å². The van der Waals surface area contributed by atoms with Crippen molar-refractivity contribution in [3.05, 3.63) is 59.8 Å². The molecule has 1 aliphatic heterocycles. The molecule has 0 radical (unpaired) electrons. The van der Waals surface area contributed by atoms with Crippen LogP contribution in [0.15, 0.2) is 48.7 Å². The normalized spacial score (nSPS) is 18.6. The van der Waals surface area contributed by atoms with Gasteiger partial charge in [-0.2, -0.15) is 0 Å². The molecule has 1 aromatic carbocycles. The van der Waals surface area contributed by atoms with E-state index in [0.717, 1.165) is 38.2 Å². The zero-order valence-corrected chi connectivity index (χ0v) is 15.9. The Morgan fingerprint density at radius 1 is 1.00 bits per heavy atom. The number of hydrogen-bond donors (Lipinski definition) is 1. The van der Waals surface area contributed by atoms with Gasteiger partial charge in [-0.1, -0.05) is 43.2 Å². The second-order valence-corrected chi connectivity index (χ2v) is 7.98. The smallest absolute Gasteiger partial charge is 0.255 e. The van der Waals surface area contributed by atoms with Gasteiger partial charge in [0.1, 0.15) is 5.82 Å². The van der Waals surface area contributed by atoms with E-state index in [1.165, 1.54) is 31.2 Å². The van der Waals surface area contributed by atoms with Crippen LogP contribution in [-0.4, -0.2) is 34.9 Å². The average molecular weight is 364 g/mol. The number of benzene rings is 1. The Balaban J connectivity index is 1.28. The molecule has 1 amide bonds. The summed E-state index contributed by atoms with van der Waals surface area (Å²) < 4.78 is 0. The first-order chi connectivity index (χ1) is 13.3. The van der Waals surface area contributed by atoms with Crippen molar-refractivity contribution in [1.29, 1.82) is 0 Å². The fourth-order valence-corrected chi connectivity index (χ4v) is 4.36. The molecule has 4 rings (SSSR count). The molecular formula is C23H29N3O. The van der Waals surface area contributed by atoms with Crippen molar-refractivity contribution in [3.63, 3.8) is 0 Å². The Morgan fingerprint density at radius 3 is 2.41 bits per heavy atom. The number of rotatable bonds is 5. The van der Waals surface area contributed by atoms with Crippen LogP contribution in [0.4, 0.5) is 5.82 Å². The molecule has 1 saturated heterocycles. The lowest BCUT2D eigenvalue weighted by molar-refractivity contribution is 0.0690. The minimum atomic E-state index is 0.119. The average Bonchev–Trinajstić information content (AvgIpc) is 3.22. The van der Waals surface area contributed by atoms with Gasteiger partial charge in [-0.3, -0.25) is 4.79 Å². The molecule has 0 unspecified atom stereocenters. The van der Waals surface area contributed by atoms with Crippen molar-refractivity contribution in [2.45, 2.75) is 51.0 Å². The van der Waals surface area contributed by atoms with Crippen LogP contribution in [0.3, 0.4) is 0 Å². The monoisotopic (exact) mass is 363 g/mol. The van der Waals surface area contributed by atoms with Crippen LogP contribution >= 0.6 is 0 Å². The van der Waals surface area contributed by atoms with Crippen LogP contribution in [0.2, 0.25) is 0 Å². The van der Waals surface area contributed by atoms with E-state index in [0.29, 0.717) is 17.5 Å². The number of carbonyl (C=O) groups excluding carboxylic acids is 1. The summed E-state index contributed by atoms with van der Waals surface area (Å²) in [5.41, 5.74) is 2.10. The largest absolute Gasteiger partial charge is 0.367 e. The molecule has 0 atom stereocenters. The van der Waals surface area contributed by atoms with Crippen molar-refractivity contribution in [3.8, 4) is 0 Å². The maximum Gasteiger partial charge on any atom is 0.255 e. The molecule has 2 aliphatic rings. The van der Waals surface area contributed by atoms with Gasteiger partial charge in [-0.05, 0) is 55.7 Å². The molecule has 4 heteroatoms. The molecule has 1 aromatic heterocycles. The molecule has 4 nitrogen and oxygen atoms in total. The van der Waals surface area contributed by atoms with Crippen molar-refractivity contribution < 1.29 is 4.79 Å². The lowest BCUT2D eigenvalue weighted by atomic mass is 9.90. The van der Waals surface area contributed by atoms with Crippen LogP contribution in [-0.2, 0) is 6.42 Å². The van der Waals surface area contributed by atoms with E-state index in [-0.39, 0.29) is 5.91 Å².